The zero-order valence-corrected chi connectivity index (χ0v) is 22.0. The molecular weight excluding hydrogens is 518 g/mol. The highest BCUT2D eigenvalue weighted by Crippen LogP contribution is 2.33. The standard InChI is InChI=1S/C26H26ClN3O4S2/c1-2-3-9-23-28-25(27)21(17-31)30(23)16-18-10-12-19(13-11-18)24-22(14-15-35-24)36(33,34)29-26(32)20-7-5-4-6-8-20/h4-8,10-15,31H,2-3,9,16-17H2,1H3,(H,29,32). The second-order valence-corrected chi connectivity index (χ2v) is 11.1. The summed E-state index contributed by atoms with van der Waals surface area (Å²) in [6, 6.07) is 17.2. The van der Waals surface area contributed by atoms with Crippen LogP contribution in [0.1, 0.15) is 47.2 Å². The molecule has 4 aromatic rings. The number of benzene rings is 2. The van der Waals surface area contributed by atoms with Crippen LogP contribution in [-0.4, -0.2) is 29.0 Å². The molecule has 0 radical (unpaired) electrons. The molecule has 0 saturated carbocycles. The third-order valence-corrected chi connectivity index (χ3v) is 8.51. The van der Waals surface area contributed by atoms with Gasteiger partial charge in [0.05, 0.1) is 17.2 Å². The first-order valence-corrected chi connectivity index (χ1v) is 14.2. The Hall–Kier alpha value is -2.98. The maximum absolute atomic E-state index is 13.0. The van der Waals surface area contributed by atoms with Gasteiger partial charge in [0.15, 0.2) is 5.15 Å². The summed E-state index contributed by atoms with van der Waals surface area (Å²) in [6.07, 6.45) is 2.75. The Morgan fingerprint density at radius 2 is 1.83 bits per heavy atom. The second-order valence-electron chi connectivity index (χ2n) is 8.22. The SMILES string of the molecule is CCCCc1nc(Cl)c(CO)n1Cc1ccc(-c2sccc2S(=O)(=O)NC(=O)c2ccccc2)cc1. The lowest BCUT2D eigenvalue weighted by molar-refractivity contribution is 0.0981. The second kappa shape index (κ2) is 11.4. The number of thiophene rings is 1. The normalized spacial score (nSPS) is 11.5. The highest BCUT2D eigenvalue weighted by molar-refractivity contribution is 7.90. The zero-order valence-electron chi connectivity index (χ0n) is 19.6. The van der Waals surface area contributed by atoms with Gasteiger partial charge in [-0.1, -0.05) is 67.4 Å². The number of aliphatic hydroxyl groups is 1. The smallest absolute Gasteiger partial charge is 0.265 e. The molecule has 7 nitrogen and oxygen atoms in total. The minimum atomic E-state index is -4.07. The van der Waals surface area contributed by atoms with Gasteiger partial charge in [0.25, 0.3) is 15.9 Å². The Kier molecular flexibility index (Phi) is 8.25. The molecule has 0 aliphatic rings. The summed E-state index contributed by atoms with van der Waals surface area (Å²) in [4.78, 5) is 17.5. The fourth-order valence-corrected chi connectivity index (χ4v) is 6.55. The van der Waals surface area contributed by atoms with Crippen LogP contribution < -0.4 is 4.72 Å². The van der Waals surface area contributed by atoms with Gasteiger partial charge >= 0.3 is 0 Å². The van der Waals surface area contributed by atoms with Crippen molar-refractivity contribution in [1.82, 2.24) is 14.3 Å². The maximum atomic E-state index is 13.0. The summed E-state index contributed by atoms with van der Waals surface area (Å²) in [5.74, 6) is 0.149. The number of nitrogens with one attached hydrogen (secondary N) is 1. The Labute approximate surface area is 219 Å². The largest absolute Gasteiger partial charge is 0.390 e. The summed E-state index contributed by atoms with van der Waals surface area (Å²) >= 11 is 7.53. The van der Waals surface area contributed by atoms with Crippen molar-refractivity contribution in [3.05, 3.63) is 93.8 Å². The number of halogens is 1. The van der Waals surface area contributed by atoms with Crippen LogP contribution >= 0.6 is 22.9 Å². The fourth-order valence-electron chi connectivity index (χ4n) is 3.86. The van der Waals surface area contributed by atoms with E-state index in [1.165, 1.54) is 17.4 Å². The Balaban J connectivity index is 1.56. The van der Waals surface area contributed by atoms with Gasteiger partial charge in [0.2, 0.25) is 0 Å². The lowest BCUT2D eigenvalue weighted by atomic mass is 10.1. The number of aryl methyl sites for hydroxylation is 1. The molecule has 2 aromatic heterocycles. The lowest BCUT2D eigenvalue weighted by Gasteiger charge is -2.12. The molecule has 0 spiro atoms. The Bertz CT molecular complexity index is 1450. The minimum Gasteiger partial charge on any atom is -0.390 e. The molecule has 2 aromatic carbocycles. The molecule has 2 heterocycles. The number of unbranched alkanes of at least 4 members (excludes halogenated alkanes) is 1. The molecular formula is C26H26ClN3O4S2. The van der Waals surface area contributed by atoms with Crippen LogP contribution in [0.5, 0.6) is 0 Å². The fraction of sp³-hybridized carbons (Fsp3) is 0.231. The molecule has 1 amide bonds. The molecule has 0 aliphatic heterocycles. The molecule has 0 saturated heterocycles. The lowest BCUT2D eigenvalue weighted by Crippen LogP contribution is -2.30. The van der Waals surface area contributed by atoms with E-state index >= 15 is 0 Å². The zero-order chi connectivity index (χ0) is 25.7. The van der Waals surface area contributed by atoms with Crippen molar-refractivity contribution in [2.75, 3.05) is 0 Å². The first-order valence-electron chi connectivity index (χ1n) is 11.5. The third kappa shape index (κ3) is 5.70. The van der Waals surface area contributed by atoms with E-state index in [4.69, 9.17) is 11.6 Å². The summed E-state index contributed by atoms with van der Waals surface area (Å²) in [5, 5.41) is 11.8. The van der Waals surface area contributed by atoms with Gasteiger partial charge in [-0.05, 0) is 41.1 Å². The van der Waals surface area contributed by atoms with Gasteiger partial charge in [-0.3, -0.25) is 4.79 Å². The molecule has 0 atom stereocenters. The van der Waals surface area contributed by atoms with E-state index in [9.17, 15) is 18.3 Å². The van der Waals surface area contributed by atoms with Crippen molar-refractivity contribution >= 4 is 38.9 Å². The van der Waals surface area contributed by atoms with Crippen molar-refractivity contribution in [2.45, 2.75) is 44.2 Å². The van der Waals surface area contributed by atoms with E-state index in [1.807, 2.05) is 28.8 Å². The van der Waals surface area contributed by atoms with E-state index in [-0.39, 0.29) is 17.1 Å². The first-order chi connectivity index (χ1) is 17.3. The Morgan fingerprint density at radius 1 is 1.11 bits per heavy atom. The number of hydrogen-bond donors (Lipinski definition) is 2. The monoisotopic (exact) mass is 543 g/mol. The van der Waals surface area contributed by atoms with Crippen molar-refractivity contribution < 1.29 is 18.3 Å². The molecule has 36 heavy (non-hydrogen) atoms. The van der Waals surface area contributed by atoms with Crippen molar-refractivity contribution in [2.24, 2.45) is 0 Å². The number of carbonyl (C=O) groups excluding carboxylic acids is 1. The topological polar surface area (TPSA) is 101 Å². The van der Waals surface area contributed by atoms with Gasteiger partial charge in [0, 0.05) is 18.5 Å². The quantitative estimate of drug-likeness (QED) is 0.284. The number of imidazole rings is 1. The number of hydrogen-bond acceptors (Lipinski definition) is 6. The summed E-state index contributed by atoms with van der Waals surface area (Å²) in [5.41, 5.74) is 2.52. The minimum absolute atomic E-state index is 0.0512. The highest BCUT2D eigenvalue weighted by Gasteiger charge is 2.24. The van der Waals surface area contributed by atoms with Crippen LogP contribution in [0.4, 0.5) is 0 Å². The van der Waals surface area contributed by atoms with E-state index in [0.29, 0.717) is 22.3 Å². The van der Waals surface area contributed by atoms with Crippen LogP contribution in [0, 0.1) is 0 Å². The van der Waals surface area contributed by atoms with E-state index in [0.717, 1.165) is 36.2 Å². The predicted octanol–water partition coefficient (Wildman–Crippen LogP) is 5.27. The summed E-state index contributed by atoms with van der Waals surface area (Å²) < 4.78 is 30.1. The molecule has 0 unspecified atom stereocenters. The third-order valence-electron chi connectivity index (χ3n) is 5.74. The summed E-state index contributed by atoms with van der Waals surface area (Å²) in [7, 11) is -4.07. The number of carbonyl (C=O) groups is 1. The number of sulfonamides is 1. The number of amides is 1. The van der Waals surface area contributed by atoms with Crippen LogP contribution in [0.15, 0.2) is 70.9 Å². The highest BCUT2D eigenvalue weighted by atomic mass is 35.5. The van der Waals surface area contributed by atoms with E-state index in [1.54, 1.807) is 35.7 Å². The molecule has 0 bridgehead atoms. The molecule has 0 fully saturated rings. The van der Waals surface area contributed by atoms with Crippen LogP contribution in [0.3, 0.4) is 0 Å². The van der Waals surface area contributed by atoms with Crippen molar-refractivity contribution in [3.8, 4) is 10.4 Å². The molecule has 0 aliphatic carbocycles. The van der Waals surface area contributed by atoms with Gasteiger partial charge in [-0.2, -0.15) is 0 Å². The molecule has 10 heteroatoms. The molecule has 4 rings (SSSR count). The number of nitrogens with zero attached hydrogens (tertiary/aromatic N) is 2. The summed E-state index contributed by atoms with van der Waals surface area (Å²) in [6.45, 7) is 2.38. The van der Waals surface area contributed by atoms with Gasteiger partial charge in [-0.15, -0.1) is 11.3 Å². The van der Waals surface area contributed by atoms with Crippen LogP contribution in [0.2, 0.25) is 5.15 Å². The predicted molar refractivity (Wildman–Crippen MR) is 142 cm³/mol. The van der Waals surface area contributed by atoms with Crippen molar-refractivity contribution in [1.29, 1.82) is 0 Å². The van der Waals surface area contributed by atoms with Gasteiger partial charge in [0.1, 0.15) is 10.7 Å². The Morgan fingerprint density at radius 3 is 2.50 bits per heavy atom. The first kappa shape index (κ1) is 26.1. The van der Waals surface area contributed by atoms with E-state index in [2.05, 4.69) is 16.6 Å². The van der Waals surface area contributed by atoms with Gasteiger partial charge in [-0.25, -0.2) is 18.1 Å². The molecule has 188 valence electrons. The number of aromatic nitrogens is 2. The van der Waals surface area contributed by atoms with Crippen LogP contribution in [-0.2, 0) is 29.6 Å². The maximum Gasteiger partial charge on any atom is 0.265 e. The number of rotatable bonds is 10. The number of aliphatic hydroxyl groups excluding tert-OH is 1. The van der Waals surface area contributed by atoms with E-state index < -0.39 is 15.9 Å². The average Bonchev–Trinajstić information content (AvgIpc) is 3.49. The van der Waals surface area contributed by atoms with Crippen molar-refractivity contribution in [3.63, 3.8) is 0 Å². The average molecular weight is 544 g/mol. The molecule has 2 N–H and O–H groups in total. The van der Waals surface area contributed by atoms with Crippen LogP contribution in [0.25, 0.3) is 10.4 Å². The van der Waals surface area contributed by atoms with Gasteiger partial charge < -0.3 is 9.67 Å².